The summed E-state index contributed by atoms with van der Waals surface area (Å²) in [4.78, 5) is 30.9. The van der Waals surface area contributed by atoms with Gasteiger partial charge in [0, 0.05) is 62.5 Å². The first-order chi connectivity index (χ1) is 22.6. The number of rotatable bonds is 8. The fraction of sp³-hybridized carbons (Fsp3) is 0.424. The van der Waals surface area contributed by atoms with Crippen molar-refractivity contribution in [2.24, 2.45) is 0 Å². The number of methoxy groups -OCH3 is 1. The molecule has 4 heterocycles. The number of carboxylic acid groups (broad SMARTS) is 1. The summed E-state index contributed by atoms with van der Waals surface area (Å²) in [6.45, 7) is 5.66. The molecule has 2 aromatic heterocycles. The average molecular weight is 666 g/mol. The summed E-state index contributed by atoms with van der Waals surface area (Å²) >= 11 is 6.38. The van der Waals surface area contributed by atoms with Crippen LogP contribution in [0.5, 0.6) is 6.01 Å². The predicted octanol–water partition coefficient (Wildman–Crippen LogP) is 5.74. The Morgan fingerprint density at radius 1 is 1.17 bits per heavy atom. The molecule has 2 aromatic carbocycles. The standard InChI is InChI=1S/C33H34ClF2N7O4/c1-18(2)43-16-22(46-3)13-21(43)17-47-32-39-30-24(31(40-32)41-11-12-42(33(44)45)20(15-41)9-10-37)14-38-29(28(30)36)23-6-4-5-19-7-8-25(35)27(34)26(19)23/h4-8,14,18,20-22H,9,11-13,15-17H2,1-3H3,(H,44,45)/t20?,21-,22+/m0/s1. The van der Waals surface area contributed by atoms with Crippen LogP contribution in [0.3, 0.4) is 0 Å². The quantitative estimate of drug-likeness (QED) is 0.249. The number of amides is 1. The number of benzene rings is 2. The number of hydrogen-bond donors (Lipinski definition) is 1. The van der Waals surface area contributed by atoms with Crippen LogP contribution in [-0.2, 0) is 4.74 Å². The van der Waals surface area contributed by atoms with E-state index in [-0.39, 0.29) is 78.5 Å². The van der Waals surface area contributed by atoms with Crippen molar-refractivity contribution in [2.75, 3.05) is 44.8 Å². The minimum Gasteiger partial charge on any atom is -0.465 e. The zero-order valence-corrected chi connectivity index (χ0v) is 26.9. The number of nitriles is 1. The van der Waals surface area contributed by atoms with E-state index in [9.17, 15) is 19.6 Å². The number of halogens is 3. The molecule has 4 aromatic rings. The summed E-state index contributed by atoms with van der Waals surface area (Å²) in [5.41, 5.74) is 0.148. The lowest BCUT2D eigenvalue weighted by molar-refractivity contribution is 0.102. The Kier molecular flexibility index (Phi) is 9.27. The first kappa shape index (κ1) is 32.6. The van der Waals surface area contributed by atoms with E-state index in [1.807, 2.05) is 0 Å². The Labute approximate surface area is 275 Å². The fourth-order valence-corrected chi connectivity index (χ4v) is 6.91. The summed E-state index contributed by atoms with van der Waals surface area (Å²) in [5.74, 6) is -1.11. The molecule has 14 heteroatoms. The molecule has 0 radical (unpaired) electrons. The third-order valence-corrected chi connectivity index (χ3v) is 9.38. The Morgan fingerprint density at radius 3 is 2.70 bits per heavy atom. The third-order valence-electron chi connectivity index (χ3n) is 9.01. The van der Waals surface area contributed by atoms with Gasteiger partial charge in [0.05, 0.1) is 35.0 Å². The zero-order chi connectivity index (χ0) is 33.4. The van der Waals surface area contributed by atoms with Gasteiger partial charge >= 0.3 is 12.1 Å². The lowest BCUT2D eigenvalue weighted by atomic mass is 10.0. The topological polar surface area (TPSA) is 128 Å². The van der Waals surface area contributed by atoms with Crippen LogP contribution in [0.15, 0.2) is 36.5 Å². The molecule has 11 nitrogen and oxygen atoms in total. The maximum absolute atomic E-state index is 16.7. The van der Waals surface area contributed by atoms with Crippen LogP contribution >= 0.6 is 11.6 Å². The lowest BCUT2D eigenvalue weighted by Crippen LogP contribution is -2.55. The molecule has 0 saturated carbocycles. The van der Waals surface area contributed by atoms with E-state index in [2.05, 4.69) is 34.8 Å². The van der Waals surface area contributed by atoms with Crippen LogP contribution in [-0.4, -0.2) is 100 Å². The number of fused-ring (bicyclic) bond motifs is 2. The van der Waals surface area contributed by atoms with Crippen LogP contribution in [0.2, 0.25) is 5.02 Å². The second-order valence-electron chi connectivity index (χ2n) is 12.1. The SMILES string of the molecule is CO[C@@H]1C[C@@H](COc2nc(N3CCN(C(=O)O)C(CC#N)C3)c3cnc(-c4cccc5ccc(F)c(Cl)c45)c(F)c3n2)N(C(C)C)C1. The molecule has 1 amide bonds. The van der Waals surface area contributed by atoms with Gasteiger partial charge in [-0.25, -0.2) is 13.6 Å². The van der Waals surface area contributed by atoms with E-state index in [4.69, 9.17) is 26.1 Å². The molecule has 2 aliphatic rings. The Bertz CT molecular complexity index is 1870. The van der Waals surface area contributed by atoms with Crippen molar-refractivity contribution >= 4 is 45.2 Å². The van der Waals surface area contributed by atoms with Gasteiger partial charge in [0.15, 0.2) is 5.82 Å². The minimum absolute atomic E-state index is 0.00684. The van der Waals surface area contributed by atoms with Gasteiger partial charge < -0.3 is 24.4 Å². The molecule has 47 heavy (non-hydrogen) atoms. The molecule has 1 N–H and O–H groups in total. The van der Waals surface area contributed by atoms with Gasteiger partial charge in [0.25, 0.3) is 0 Å². The molecule has 0 bridgehead atoms. The summed E-state index contributed by atoms with van der Waals surface area (Å²) < 4.78 is 43.0. The first-order valence-electron chi connectivity index (χ1n) is 15.4. The lowest BCUT2D eigenvalue weighted by Gasteiger charge is -2.39. The molecule has 6 rings (SSSR count). The van der Waals surface area contributed by atoms with Gasteiger partial charge in [-0.1, -0.05) is 35.9 Å². The zero-order valence-electron chi connectivity index (χ0n) is 26.2. The largest absolute Gasteiger partial charge is 0.465 e. The predicted molar refractivity (Wildman–Crippen MR) is 173 cm³/mol. The first-order valence-corrected chi connectivity index (χ1v) is 15.7. The number of piperazine rings is 1. The normalized spacial score (nSPS) is 20.3. The van der Waals surface area contributed by atoms with Gasteiger partial charge in [-0.15, -0.1) is 0 Å². The van der Waals surface area contributed by atoms with E-state index < -0.39 is 23.8 Å². The molecule has 1 unspecified atom stereocenters. The van der Waals surface area contributed by atoms with Gasteiger partial charge in [0.1, 0.15) is 29.5 Å². The molecular weight excluding hydrogens is 632 g/mol. The number of hydrogen-bond acceptors (Lipinski definition) is 9. The van der Waals surface area contributed by atoms with Crippen molar-refractivity contribution in [3.8, 4) is 23.3 Å². The Morgan fingerprint density at radius 2 is 1.98 bits per heavy atom. The summed E-state index contributed by atoms with van der Waals surface area (Å²) in [6, 6.07) is 9.52. The maximum Gasteiger partial charge on any atom is 0.407 e. The highest BCUT2D eigenvalue weighted by atomic mass is 35.5. The molecule has 2 saturated heterocycles. The summed E-state index contributed by atoms with van der Waals surface area (Å²) in [6.07, 6.45) is 1.08. The van der Waals surface area contributed by atoms with Crippen molar-refractivity contribution in [2.45, 2.75) is 50.9 Å². The van der Waals surface area contributed by atoms with Crippen molar-refractivity contribution in [3.63, 3.8) is 0 Å². The third kappa shape index (κ3) is 6.20. The van der Waals surface area contributed by atoms with Crippen molar-refractivity contribution in [3.05, 3.63) is 53.2 Å². The monoisotopic (exact) mass is 665 g/mol. The molecule has 2 fully saturated rings. The van der Waals surface area contributed by atoms with Gasteiger partial charge in [-0.2, -0.15) is 15.2 Å². The fourth-order valence-electron chi connectivity index (χ4n) is 6.64. The molecule has 0 spiro atoms. The highest BCUT2D eigenvalue weighted by Crippen LogP contribution is 2.38. The van der Waals surface area contributed by atoms with E-state index in [1.54, 1.807) is 36.3 Å². The van der Waals surface area contributed by atoms with Gasteiger partial charge in [0.2, 0.25) is 0 Å². The van der Waals surface area contributed by atoms with Crippen LogP contribution in [0.1, 0.15) is 26.7 Å². The Hall–Kier alpha value is -4.38. The van der Waals surface area contributed by atoms with E-state index in [1.165, 1.54) is 17.2 Å². The van der Waals surface area contributed by atoms with E-state index >= 15 is 4.39 Å². The molecule has 0 aliphatic carbocycles. The Balaban J connectivity index is 1.45. The number of anilines is 1. The van der Waals surface area contributed by atoms with Gasteiger partial charge in [-0.05, 0) is 31.7 Å². The molecule has 3 atom stereocenters. The molecular formula is C33H34ClF2N7O4. The van der Waals surface area contributed by atoms with Crippen LogP contribution in [0, 0.1) is 23.0 Å². The van der Waals surface area contributed by atoms with Crippen molar-refractivity contribution in [1.82, 2.24) is 24.8 Å². The van der Waals surface area contributed by atoms with E-state index in [0.717, 1.165) is 13.0 Å². The highest BCUT2D eigenvalue weighted by molar-refractivity contribution is 6.36. The number of likely N-dealkylation sites (tertiary alicyclic amines) is 1. The maximum atomic E-state index is 16.7. The summed E-state index contributed by atoms with van der Waals surface area (Å²) in [5, 5.41) is 20.2. The highest BCUT2D eigenvalue weighted by Gasteiger charge is 2.35. The van der Waals surface area contributed by atoms with Crippen LogP contribution < -0.4 is 9.64 Å². The summed E-state index contributed by atoms with van der Waals surface area (Å²) in [7, 11) is 1.68. The second-order valence-corrected chi connectivity index (χ2v) is 12.4. The number of aromatic nitrogens is 3. The van der Waals surface area contributed by atoms with Crippen molar-refractivity contribution in [1.29, 1.82) is 5.26 Å². The number of carbonyl (C=O) groups is 1. The molecule has 2 aliphatic heterocycles. The van der Waals surface area contributed by atoms with Crippen LogP contribution in [0.4, 0.5) is 19.4 Å². The number of pyridine rings is 1. The minimum atomic E-state index is -1.12. The average Bonchev–Trinajstić information content (AvgIpc) is 3.49. The number of ether oxygens (including phenoxy) is 2. The van der Waals surface area contributed by atoms with Gasteiger partial charge in [-0.3, -0.25) is 9.88 Å². The van der Waals surface area contributed by atoms with Crippen LogP contribution in [0.25, 0.3) is 32.9 Å². The second kappa shape index (κ2) is 13.4. The smallest absolute Gasteiger partial charge is 0.407 e. The van der Waals surface area contributed by atoms with Crippen molar-refractivity contribution < 1.29 is 28.2 Å². The van der Waals surface area contributed by atoms with E-state index in [0.29, 0.717) is 22.2 Å². The molecule has 246 valence electrons. The number of nitrogens with zero attached hydrogens (tertiary/aromatic N) is 7.